The second-order valence-electron chi connectivity index (χ2n) is 7.22. The molecule has 0 unspecified atom stereocenters. The van der Waals surface area contributed by atoms with Gasteiger partial charge in [-0.25, -0.2) is 4.39 Å². The quantitative estimate of drug-likeness (QED) is 0.425. The molecule has 1 saturated carbocycles. The van der Waals surface area contributed by atoms with Gasteiger partial charge in [0.05, 0.1) is 6.54 Å². The first kappa shape index (κ1) is 18.7. The Kier molecular flexibility index (Phi) is 6.12. The summed E-state index contributed by atoms with van der Waals surface area (Å²) in [7, 11) is 0. The highest BCUT2D eigenvalue weighted by molar-refractivity contribution is 5.80. The first-order valence-electron chi connectivity index (χ1n) is 9.69. The van der Waals surface area contributed by atoms with Gasteiger partial charge in [0.25, 0.3) is 0 Å². The number of likely N-dealkylation sites (tertiary alicyclic amines) is 1. The molecule has 0 aromatic heterocycles. The molecule has 1 heterocycles. The predicted molar refractivity (Wildman–Crippen MR) is 102 cm³/mol. The van der Waals surface area contributed by atoms with E-state index in [-0.39, 0.29) is 17.1 Å². The van der Waals surface area contributed by atoms with Gasteiger partial charge in [-0.1, -0.05) is 18.2 Å². The summed E-state index contributed by atoms with van der Waals surface area (Å²) >= 11 is 0. The smallest absolute Gasteiger partial charge is 0.222 e. The van der Waals surface area contributed by atoms with Crippen LogP contribution in [-0.2, 0) is 10.2 Å². The van der Waals surface area contributed by atoms with Gasteiger partial charge >= 0.3 is 0 Å². The van der Waals surface area contributed by atoms with Crippen LogP contribution >= 0.6 is 0 Å². The lowest BCUT2D eigenvalue weighted by Gasteiger charge is -2.18. The largest absolute Gasteiger partial charge is 0.357 e. The molecular formula is C20H29FN4O. The van der Waals surface area contributed by atoms with Crippen LogP contribution in [-0.4, -0.2) is 49.5 Å². The Morgan fingerprint density at radius 3 is 2.77 bits per heavy atom. The van der Waals surface area contributed by atoms with Crippen molar-refractivity contribution in [2.24, 2.45) is 4.99 Å². The second-order valence-corrected chi connectivity index (χ2v) is 7.22. The van der Waals surface area contributed by atoms with Crippen molar-refractivity contribution in [2.75, 3.05) is 32.7 Å². The maximum atomic E-state index is 14.1. The van der Waals surface area contributed by atoms with Gasteiger partial charge in [-0.2, -0.15) is 0 Å². The fourth-order valence-corrected chi connectivity index (χ4v) is 3.54. The molecule has 2 aliphatic rings. The number of carbonyl (C=O) groups is 1. The minimum Gasteiger partial charge on any atom is -0.357 e. The van der Waals surface area contributed by atoms with Crippen molar-refractivity contribution in [3.8, 4) is 0 Å². The maximum absolute atomic E-state index is 14.1. The number of carbonyl (C=O) groups excluding carboxylic acids is 1. The van der Waals surface area contributed by atoms with Crippen molar-refractivity contribution in [1.29, 1.82) is 0 Å². The number of aliphatic imine (C=N–C) groups is 1. The van der Waals surface area contributed by atoms with Crippen LogP contribution in [0.4, 0.5) is 4.39 Å². The van der Waals surface area contributed by atoms with Gasteiger partial charge in [0.1, 0.15) is 5.82 Å². The Morgan fingerprint density at radius 2 is 2.12 bits per heavy atom. The number of benzene rings is 1. The van der Waals surface area contributed by atoms with E-state index in [0.29, 0.717) is 13.0 Å². The maximum Gasteiger partial charge on any atom is 0.222 e. The number of hydrogen-bond acceptors (Lipinski definition) is 2. The van der Waals surface area contributed by atoms with E-state index in [9.17, 15) is 9.18 Å². The third-order valence-electron chi connectivity index (χ3n) is 5.25. The lowest BCUT2D eigenvalue weighted by Crippen LogP contribution is -2.39. The van der Waals surface area contributed by atoms with E-state index in [1.807, 2.05) is 24.0 Å². The van der Waals surface area contributed by atoms with Crippen molar-refractivity contribution >= 4 is 11.9 Å². The number of nitrogens with zero attached hydrogens (tertiary/aromatic N) is 2. The van der Waals surface area contributed by atoms with Gasteiger partial charge in [-0.15, -0.1) is 0 Å². The van der Waals surface area contributed by atoms with Crippen molar-refractivity contribution in [3.05, 3.63) is 35.6 Å². The number of rotatable bonds is 8. The number of guanidine groups is 1. The van der Waals surface area contributed by atoms with Crippen LogP contribution in [0.2, 0.25) is 0 Å². The first-order chi connectivity index (χ1) is 12.6. The third-order valence-corrected chi connectivity index (χ3v) is 5.25. The van der Waals surface area contributed by atoms with Gasteiger partial charge in [-0.3, -0.25) is 9.79 Å². The van der Waals surface area contributed by atoms with Gasteiger partial charge in [-0.05, 0) is 44.2 Å². The molecule has 2 fully saturated rings. The number of amides is 1. The molecule has 1 amide bonds. The Balaban J connectivity index is 1.51. The second kappa shape index (κ2) is 8.52. The zero-order valence-corrected chi connectivity index (χ0v) is 15.6. The van der Waals surface area contributed by atoms with Crippen LogP contribution < -0.4 is 10.6 Å². The lowest BCUT2D eigenvalue weighted by molar-refractivity contribution is -0.127. The molecule has 1 aromatic rings. The van der Waals surface area contributed by atoms with Crippen molar-refractivity contribution in [3.63, 3.8) is 0 Å². The van der Waals surface area contributed by atoms with Gasteiger partial charge in [0.2, 0.25) is 5.91 Å². The third kappa shape index (κ3) is 4.54. The Bertz CT molecular complexity index is 657. The summed E-state index contributed by atoms with van der Waals surface area (Å²) in [5.41, 5.74) is 0.641. The van der Waals surface area contributed by atoms with E-state index >= 15 is 0 Å². The summed E-state index contributed by atoms with van der Waals surface area (Å²) in [5.74, 6) is 0.905. The van der Waals surface area contributed by atoms with E-state index in [2.05, 4.69) is 10.6 Å². The summed E-state index contributed by atoms with van der Waals surface area (Å²) in [6.45, 7) is 5.85. The molecule has 6 heteroatoms. The van der Waals surface area contributed by atoms with E-state index in [4.69, 9.17) is 4.99 Å². The molecule has 1 aliphatic carbocycles. The summed E-state index contributed by atoms with van der Waals surface area (Å²) in [6.07, 6.45) is 4.53. The van der Waals surface area contributed by atoms with Gasteiger partial charge in [0.15, 0.2) is 5.96 Å². The Morgan fingerprint density at radius 1 is 1.31 bits per heavy atom. The highest BCUT2D eigenvalue weighted by Gasteiger charge is 2.45. The number of hydrogen-bond donors (Lipinski definition) is 2. The minimum absolute atomic E-state index is 0.131. The van der Waals surface area contributed by atoms with Crippen LogP contribution in [0.15, 0.2) is 29.3 Å². The number of nitrogens with one attached hydrogen (secondary N) is 2. The van der Waals surface area contributed by atoms with Crippen LogP contribution in [0, 0.1) is 5.82 Å². The zero-order chi connectivity index (χ0) is 18.4. The van der Waals surface area contributed by atoms with Crippen LogP contribution in [0.1, 0.15) is 44.6 Å². The van der Waals surface area contributed by atoms with E-state index in [1.165, 1.54) is 6.07 Å². The summed E-state index contributed by atoms with van der Waals surface area (Å²) in [4.78, 5) is 18.3. The number of halogens is 1. The fourth-order valence-electron chi connectivity index (χ4n) is 3.54. The summed E-state index contributed by atoms with van der Waals surface area (Å²) < 4.78 is 14.1. The standard InChI is InChI=1S/C20H29FN4O/c1-2-22-19(23-12-6-14-25-13-5-9-18(25)26)24-15-20(10-11-20)16-7-3-4-8-17(16)21/h3-4,7-8H,2,5-6,9-15H2,1H3,(H2,22,23,24). The molecule has 1 aliphatic heterocycles. The molecule has 2 N–H and O–H groups in total. The lowest BCUT2D eigenvalue weighted by atomic mass is 9.95. The normalized spacial score (nSPS) is 18.9. The van der Waals surface area contributed by atoms with Crippen molar-refractivity contribution in [2.45, 2.75) is 44.4 Å². The van der Waals surface area contributed by atoms with Gasteiger partial charge in [0, 0.05) is 38.0 Å². The van der Waals surface area contributed by atoms with Crippen molar-refractivity contribution in [1.82, 2.24) is 15.5 Å². The molecule has 0 spiro atoms. The van der Waals surface area contributed by atoms with Gasteiger partial charge < -0.3 is 15.5 Å². The zero-order valence-electron chi connectivity index (χ0n) is 15.6. The van der Waals surface area contributed by atoms with E-state index in [0.717, 1.165) is 63.4 Å². The highest BCUT2D eigenvalue weighted by Crippen LogP contribution is 2.49. The molecule has 1 aromatic carbocycles. The predicted octanol–water partition coefficient (Wildman–Crippen LogP) is 2.42. The molecule has 0 atom stereocenters. The average Bonchev–Trinajstić information content (AvgIpc) is 3.32. The molecule has 1 saturated heterocycles. The molecule has 0 radical (unpaired) electrons. The molecule has 5 nitrogen and oxygen atoms in total. The topological polar surface area (TPSA) is 56.7 Å². The summed E-state index contributed by atoms with van der Waals surface area (Å²) in [5, 5.41) is 6.58. The highest BCUT2D eigenvalue weighted by atomic mass is 19.1. The van der Waals surface area contributed by atoms with Crippen LogP contribution in [0.25, 0.3) is 0 Å². The molecule has 0 bridgehead atoms. The summed E-state index contributed by atoms with van der Waals surface area (Å²) in [6, 6.07) is 7.04. The molecule has 142 valence electrons. The molecule has 3 rings (SSSR count). The monoisotopic (exact) mass is 360 g/mol. The Hall–Kier alpha value is -2.11. The van der Waals surface area contributed by atoms with Crippen LogP contribution in [0.5, 0.6) is 0 Å². The van der Waals surface area contributed by atoms with E-state index < -0.39 is 0 Å². The molecular weight excluding hydrogens is 331 g/mol. The van der Waals surface area contributed by atoms with Crippen molar-refractivity contribution < 1.29 is 9.18 Å². The average molecular weight is 360 g/mol. The van der Waals surface area contributed by atoms with E-state index in [1.54, 1.807) is 6.07 Å². The first-order valence-corrected chi connectivity index (χ1v) is 9.69. The van der Waals surface area contributed by atoms with Crippen LogP contribution in [0.3, 0.4) is 0 Å². The SMILES string of the molecule is CCNC(=NCC1(c2ccccc2F)CC1)NCCCN1CCCC1=O. The fraction of sp³-hybridized carbons (Fsp3) is 0.600. The minimum atomic E-state index is -0.143. The Labute approximate surface area is 155 Å². The molecule has 26 heavy (non-hydrogen) atoms.